The van der Waals surface area contributed by atoms with Gasteiger partial charge >= 0.3 is 86.6 Å². The predicted molar refractivity (Wildman–Crippen MR) is 52.0 cm³/mol. The molecule has 0 amide bonds. The van der Waals surface area contributed by atoms with Gasteiger partial charge in [0.15, 0.2) is 0 Å². The van der Waals surface area contributed by atoms with Crippen molar-refractivity contribution < 1.29 is 13.2 Å². The van der Waals surface area contributed by atoms with E-state index in [1.807, 2.05) is 19.1 Å². The Morgan fingerprint density at radius 3 is 2.21 bits per heavy atom. The summed E-state index contributed by atoms with van der Waals surface area (Å²) in [4.78, 5) is 1.19. The number of hydrogen-bond donors (Lipinski definition) is 0. The fraction of sp³-hybridized carbons (Fsp3) is 0.200. The van der Waals surface area contributed by atoms with Crippen LogP contribution in [0.25, 0.3) is 6.08 Å². The molecular formula is C10H9F3Se. The van der Waals surface area contributed by atoms with Crippen molar-refractivity contribution in [2.75, 3.05) is 0 Å². The second-order valence-corrected chi connectivity index (χ2v) is 4.81. The van der Waals surface area contributed by atoms with E-state index in [9.17, 15) is 13.2 Å². The van der Waals surface area contributed by atoms with Gasteiger partial charge in [0.2, 0.25) is 0 Å². The van der Waals surface area contributed by atoms with Gasteiger partial charge in [0.25, 0.3) is 0 Å². The maximum atomic E-state index is 11.8. The summed E-state index contributed by atoms with van der Waals surface area (Å²) in [6.07, 6.45) is 1.51. The van der Waals surface area contributed by atoms with Crippen LogP contribution in [0.5, 0.6) is 0 Å². The molecule has 4 heteroatoms. The Balaban J connectivity index is 2.57. The second-order valence-electron chi connectivity index (χ2n) is 2.78. The summed E-state index contributed by atoms with van der Waals surface area (Å²) in [5.74, 6) is 0. The molecule has 0 N–H and O–H groups in total. The molecule has 0 saturated carbocycles. The third-order valence-corrected chi connectivity index (χ3v) is 2.67. The summed E-state index contributed by atoms with van der Waals surface area (Å²) in [6.45, 7) is 1.94. The molecule has 0 bridgehead atoms. The third-order valence-electron chi connectivity index (χ3n) is 1.54. The average Bonchev–Trinajstić information content (AvgIpc) is 2.06. The van der Waals surface area contributed by atoms with Crippen LogP contribution in [0.3, 0.4) is 0 Å². The van der Waals surface area contributed by atoms with Gasteiger partial charge in [-0.3, -0.25) is 0 Å². The molecule has 1 rings (SSSR count). The average molecular weight is 265 g/mol. The summed E-state index contributed by atoms with van der Waals surface area (Å²) in [6, 6.07) is 7.36. The van der Waals surface area contributed by atoms with Crippen LogP contribution in [0, 0.1) is 6.92 Å². The molecule has 0 nitrogen and oxygen atoms in total. The van der Waals surface area contributed by atoms with E-state index in [-0.39, 0.29) is 0 Å². The summed E-state index contributed by atoms with van der Waals surface area (Å²) >= 11 is -1.42. The molecule has 0 aliphatic carbocycles. The fourth-order valence-electron chi connectivity index (χ4n) is 0.867. The Morgan fingerprint density at radius 1 is 1.14 bits per heavy atom. The number of benzene rings is 1. The van der Waals surface area contributed by atoms with E-state index in [1.165, 1.54) is 11.1 Å². The van der Waals surface area contributed by atoms with Crippen molar-refractivity contribution >= 4 is 21.0 Å². The molecule has 76 valence electrons. The van der Waals surface area contributed by atoms with Crippen LogP contribution in [0.15, 0.2) is 29.2 Å². The number of halogens is 3. The molecule has 0 saturated heterocycles. The molecule has 1 aromatic rings. The first-order chi connectivity index (χ1) is 6.47. The molecule has 0 unspecified atom stereocenters. The summed E-state index contributed by atoms with van der Waals surface area (Å²) in [5, 5.41) is -4.05. The minimum atomic E-state index is -4.05. The van der Waals surface area contributed by atoms with Crippen LogP contribution in [0.2, 0.25) is 0 Å². The van der Waals surface area contributed by atoms with Gasteiger partial charge in [0.1, 0.15) is 0 Å². The number of aryl methyl sites for hydroxylation is 1. The molecule has 0 radical (unpaired) electrons. The van der Waals surface area contributed by atoms with Gasteiger partial charge in [0, 0.05) is 0 Å². The Kier molecular flexibility index (Phi) is 3.78. The van der Waals surface area contributed by atoms with Crippen LogP contribution < -0.4 is 0 Å². The predicted octanol–water partition coefficient (Wildman–Crippen LogP) is 3.19. The Hall–Kier alpha value is -0.731. The number of alkyl halides is 3. The van der Waals surface area contributed by atoms with Crippen LogP contribution >= 0.6 is 0 Å². The van der Waals surface area contributed by atoms with E-state index >= 15 is 0 Å². The summed E-state index contributed by atoms with van der Waals surface area (Å²) in [7, 11) is 0. The molecule has 0 aliphatic heterocycles. The Labute approximate surface area is 87.0 Å². The molecular weight excluding hydrogens is 256 g/mol. The zero-order chi connectivity index (χ0) is 10.6. The quantitative estimate of drug-likeness (QED) is 0.720. The van der Waals surface area contributed by atoms with Crippen molar-refractivity contribution in [2.24, 2.45) is 0 Å². The van der Waals surface area contributed by atoms with Crippen molar-refractivity contribution in [3.05, 3.63) is 40.4 Å². The molecule has 0 fully saturated rings. The topological polar surface area (TPSA) is 0 Å². The first kappa shape index (κ1) is 11.3. The standard InChI is InChI=1S/C10H9F3Se/c1-8-2-4-9(5-3-8)6-7-14-10(11,12)13/h2-7H,1H3/b7-6+. The van der Waals surface area contributed by atoms with Crippen molar-refractivity contribution in [3.63, 3.8) is 0 Å². The van der Waals surface area contributed by atoms with Crippen molar-refractivity contribution in [2.45, 2.75) is 12.0 Å². The van der Waals surface area contributed by atoms with Gasteiger partial charge in [-0.2, -0.15) is 0 Å². The Bertz CT molecular complexity index is 311. The molecule has 14 heavy (non-hydrogen) atoms. The van der Waals surface area contributed by atoms with Crippen molar-refractivity contribution in [1.29, 1.82) is 0 Å². The number of hydrogen-bond acceptors (Lipinski definition) is 0. The van der Waals surface area contributed by atoms with E-state index in [0.717, 1.165) is 11.1 Å². The van der Waals surface area contributed by atoms with Crippen LogP contribution in [0.1, 0.15) is 11.1 Å². The van der Waals surface area contributed by atoms with Gasteiger partial charge in [-0.25, -0.2) is 0 Å². The monoisotopic (exact) mass is 266 g/mol. The Morgan fingerprint density at radius 2 is 1.71 bits per heavy atom. The van der Waals surface area contributed by atoms with E-state index in [4.69, 9.17) is 0 Å². The third kappa shape index (κ3) is 4.49. The molecule has 0 spiro atoms. The first-order valence-electron chi connectivity index (χ1n) is 3.95. The van der Waals surface area contributed by atoms with Crippen LogP contribution in [-0.4, -0.2) is 20.0 Å². The molecule has 0 aromatic heterocycles. The van der Waals surface area contributed by atoms with Crippen LogP contribution in [-0.2, 0) is 0 Å². The second kappa shape index (κ2) is 4.67. The zero-order valence-electron chi connectivity index (χ0n) is 7.51. The maximum absolute atomic E-state index is 11.8. The van der Waals surface area contributed by atoms with E-state index in [0.29, 0.717) is 0 Å². The normalized spacial score (nSPS) is 12.3. The first-order valence-corrected chi connectivity index (χ1v) is 5.80. The van der Waals surface area contributed by atoms with Crippen molar-refractivity contribution in [3.8, 4) is 0 Å². The van der Waals surface area contributed by atoms with Gasteiger partial charge in [0.05, 0.1) is 0 Å². The molecule has 1 aromatic carbocycles. The van der Waals surface area contributed by atoms with Gasteiger partial charge in [-0.15, -0.1) is 0 Å². The number of rotatable bonds is 2. The summed E-state index contributed by atoms with van der Waals surface area (Å²) < 4.78 is 35.4. The van der Waals surface area contributed by atoms with Crippen LogP contribution in [0.4, 0.5) is 13.2 Å². The fourth-order valence-corrected chi connectivity index (χ4v) is 1.66. The molecule has 0 aliphatic rings. The molecule has 0 atom stereocenters. The minimum absolute atomic E-state index is 0.807. The van der Waals surface area contributed by atoms with E-state index in [1.54, 1.807) is 12.1 Å². The van der Waals surface area contributed by atoms with E-state index in [2.05, 4.69) is 0 Å². The summed E-state index contributed by atoms with van der Waals surface area (Å²) in [5.41, 5.74) is 1.91. The zero-order valence-corrected chi connectivity index (χ0v) is 9.22. The van der Waals surface area contributed by atoms with Gasteiger partial charge in [-0.05, 0) is 0 Å². The molecule has 0 heterocycles. The van der Waals surface area contributed by atoms with E-state index < -0.39 is 20.0 Å². The SMILES string of the molecule is Cc1ccc(/C=C/[Se]C(F)(F)F)cc1. The van der Waals surface area contributed by atoms with Gasteiger partial charge in [-0.1, -0.05) is 0 Å². The van der Waals surface area contributed by atoms with Gasteiger partial charge < -0.3 is 0 Å². The van der Waals surface area contributed by atoms with Crippen molar-refractivity contribution in [1.82, 2.24) is 0 Å².